The van der Waals surface area contributed by atoms with Crippen molar-refractivity contribution in [3.05, 3.63) is 115 Å². The van der Waals surface area contributed by atoms with E-state index in [0.29, 0.717) is 0 Å². The van der Waals surface area contributed by atoms with E-state index in [-0.39, 0.29) is 0 Å². The average molecular weight is 467 g/mol. The minimum atomic E-state index is 0.938. The van der Waals surface area contributed by atoms with Crippen molar-refractivity contribution < 1.29 is 0 Å². The van der Waals surface area contributed by atoms with Crippen LogP contribution in [0.15, 0.2) is 103 Å². The van der Waals surface area contributed by atoms with E-state index in [2.05, 4.69) is 119 Å². The van der Waals surface area contributed by atoms with Gasteiger partial charge in [0.25, 0.3) is 0 Å². The van der Waals surface area contributed by atoms with Crippen LogP contribution in [0.1, 0.15) is 17.0 Å². The Morgan fingerprint density at radius 3 is 1.92 bits per heavy atom. The van der Waals surface area contributed by atoms with Gasteiger partial charge in [-0.25, -0.2) is 0 Å². The first-order chi connectivity index (χ1) is 17.6. The van der Waals surface area contributed by atoms with Gasteiger partial charge in [0.15, 0.2) is 0 Å². The van der Waals surface area contributed by atoms with E-state index in [1.54, 1.807) is 0 Å². The molecular formula is C32H26N4. The third-order valence-electron chi connectivity index (χ3n) is 7.03. The van der Waals surface area contributed by atoms with Gasteiger partial charge in [-0.3, -0.25) is 9.98 Å². The number of hydrogen-bond donors (Lipinski definition) is 0. The highest BCUT2D eigenvalue weighted by atomic mass is 15.0. The molecule has 0 unspecified atom stereocenters. The van der Waals surface area contributed by atoms with Gasteiger partial charge in [0.2, 0.25) is 0 Å². The Labute approximate surface area is 210 Å². The van der Waals surface area contributed by atoms with Crippen LogP contribution in [-0.4, -0.2) is 20.8 Å². The van der Waals surface area contributed by atoms with Gasteiger partial charge in [0.1, 0.15) is 0 Å². The molecule has 0 saturated carbocycles. The Morgan fingerprint density at radius 2 is 1.31 bits per heavy atom. The number of hydrogen-bond acceptors (Lipinski definition) is 2. The Kier molecular flexibility index (Phi) is 5.15. The van der Waals surface area contributed by atoms with Crippen molar-refractivity contribution in [3.63, 3.8) is 0 Å². The molecular weight excluding hydrogens is 440 g/mol. The van der Waals surface area contributed by atoms with Crippen LogP contribution in [0.25, 0.3) is 50.5 Å². The van der Waals surface area contributed by atoms with Crippen molar-refractivity contribution in [2.24, 2.45) is 4.99 Å². The normalized spacial score (nSPS) is 11.3. The molecule has 6 aromatic rings. The van der Waals surface area contributed by atoms with Gasteiger partial charge in [-0.05, 0) is 74.2 Å². The number of benzene rings is 3. The molecule has 0 N–H and O–H groups in total. The molecule has 0 atom stereocenters. The summed E-state index contributed by atoms with van der Waals surface area (Å²) in [5.74, 6) is 0. The molecule has 0 aliphatic rings. The van der Waals surface area contributed by atoms with Gasteiger partial charge in [0.05, 0.1) is 22.2 Å². The lowest BCUT2D eigenvalue weighted by Gasteiger charge is -2.12. The van der Waals surface area contributed by atoms with Gasteiger partial charge in [-0.2, -0.15) is 0 Å². The number of nitrogens with zero attached hydrogens (tertiary/aromatic N) is 4. The SMILES string of the molecule is C=Cc1c(C)n(-c2ccc(-c3ccc(-n4c(C)c(N=C)c5ccccc54)cc3)cc2)c2cccnc12. The van der Waals surface area contributed by atoms with Gasteiger partial charge in [-0.1, -0.05) is 55.1 Å². The molecule has 0 aliphatic heterocycles. The van der Waals surface area contributed by atoms with Gasteiger partial charge >= 0.3 is 0 Å². The van der Waals surface area contributed by atoms with E-state index < -0.39 is 0 Å². The van der Waals surface area contributed by atoms with Crippen molar-refractivity contribution in [2.75, 3.05) is 0 Å². The maximum Gasteiger partial charge on any atom is 0.0959 e. The molecule has 0 amide bonds. The monoisotopic (exact) mass is 466 g/mol. The van der Waals surface area contributed by atoms with Crippen LogP contribution >= 0.6 is 0 Å². The fourth-order valence-corrected chi connectivity index (χ4v) is 5.32. The zero-order valence-electron chi connectivity index (χ0n) is 20.4. The highest BCUT2D eigenvalue weighted by Crippen LogP contribution is 2.35. The molecule has 3 aromatic carbocycles. The quantitative estimate of drug-likeness (QED) is 0.236. The molecule has 6 rings (SSSR count). The summed E-state index contributed by atoms with van der Waals surface area (Å²) >= 11 is 0. The summed E-state index contributed by atoms with van der Waals surface area (Å²) in [5, 5.41) is 1.12. The Balaban J connectivity index is 1.37. The van der Waals surface area contributed by atoms with Crippen molar-refractivity contribution in [2.45, 2.75) is 13.8 Å². The Hall–Kier alpha value is -4.70. The minimum absolute atomic E-state index is 0.938. The lowest BCUT2D eigenvalue weighted by atomic mass is 10.0. The second kappa shape index (κ2) is 8.51. The second-order valence-corrected chi connectivity index (χ2v) is 8.95. The molecule has 4 nitrogen and oxygen atoms in total. The standard InChI is InChI=1S/C32H26N4/c1-5-27-21(2)35(30-11-8-20-34-32(27)30)25-16-12-23(13-17-25)24-14-18-26(19-15-24)36-22(3)31(33-4)28-9-6-7-10-29(28)36/h5-20H,1,4H2,2-3H3. The molecule has 0 fully saturated rings. The minimum Gasteiger partial charge on any atom is -0.312 e. The van der Waals surface area contributed by atoms with E-state index in [1.807, 2.05) is 24.4 Å². The largest absolute Gasteiger partial charge is 0.312 e. The molecule has 0 spiro atoms. The van der Waals surface area contributed by atoms with E-state index in [1.165, 1.54) is 11.1 Å². The van der Waals surface area contributed by atoms with Crippen LogP contribution in [0.3, 0.4) is 0 Å². The lowest BCUT2D eigenvalue weighted by molar-refractivity contribution is 1.05. The molecule has 0 radical (unpaired) electrons. The Morgan fingerprint density at radius 1 is 0.722 bits per heavy atom. The highest BCUT2D eigenvalue weighted by molar-refractivity contribution is 5.95. The first-order valence-electron chi connectivity index (χ1n) is 12.0. The molecule has 0 saturated heterocycles. The zero-order chi connectivity index (χ0) is 24.8. The van der Waals surface area contributed by atoms with Crippen molar-refractivity contribution in [3.8, 4) is 22.5 Å². The number of fused-ring (bicyclic) bond motifs is 2. The second-order valence-electron chi connectivity index (χ2n) is 8.95. The smallest absolute Gasteiger partial charge is 0.0959 e. The summed E-state index contributed by atoms with van der Waals surface area (Å²) in [4.78, 5) is 8.88. The summed E-state index contributed by atoms with van der Waals surface area (Å²) < 4.78 is 4.49. The van der Waals surface area contributed by atoms with E-state index >= 15 is 0 Å². The van der Waals surface area contributed by atoms with Crippen molar-refractivity contribution in [1.82, 2.24) is 14.1 Å². The predicted octanol–water partition coefficient (Wildman–Crippen LogP) is 8.23. The average Bonchev–Trinajstić information content (AvgIpc) is 3.38. The summed E-state index contributed by atoms with van der Waals surface area (Å²) in [7, 11) is 0. The maximum absolute atomic E-state index is 4.59. The molecule has 3 heterocycles. The summed E-state index contributed by atoms with van der Waals surface area (Å²) in [5.41, 5.74) is 12.0. The number of para-hydroxylation sites is 1. The predicted molar refractivity (Wildman–Crippen MR) is 152 cm³/mol. The van der Waals surface area contributed by atoms with E-state index in [0.717, 1.165) is 55.9 Å². The zero-order valence-corrected chi connectivity index (χ0v) is 20.4. The first-order valence-corrected chi connectivity index (χ1v) is 12.0. The highest BCUT2D eigenvalue weighted by Gasteiger charge is 2.15. The summed E-state index contributed by atoms with van der Waals surface area (Å²) in [6.45, 7) is 12.0. The number of aromatic nitrogens is 3. The fourth-order valence-electron chi connectivity index (χ4n) is 5.32. The lowest BCUT2D eigenvalue weighted by Crippen LogP contribution is -1.97. The number of pyridine rings is 1. The topological polar surface area (TPSA) is 35.1 Å². The van der Waals surface area contributed by atoms with Gasteiger partial charge in [0, 0.05) is 39.9 Å². The van der Waals surface area contributed by atoms with Crippen LogP contribution in [0.5, 0.6) is 0 Å². The Bertz CT molecular complexity index is 1630. The van der Waals surface area contributed by atoms with E-state index in [4.69, 9.17) is 0 Å². The summed E-state index contributed by atoms with van der Waals surface area (Å²) in [6.07, 6.45) is 3.72. The maximum atomic E-state index is 4.59. The number of aliphatic imine (C=N–C) groups is 1. The molecule has 0 bridgehead atoms. The van der Waals surface area contributed by atoms with E-state index in [9.17, 15) is 0 Å². The first kappa shape index (κ1) is 21.8. The van der Waals surface area contributed by atoms with Crippen LogP contribution in [0.2, 0.25) is 0 Å². The molecule has 3 aromatic heterocycles. The molecule has 4 heteroatoms. The molecule has 36 heavy (non-hydrogen) atoms. The van der Waals surface area contributed by atoms with Crippen molar-refractivity contribution in [1.29, 1.82) is 0 Å². The van der Waals surface area contributed by atoms with Crippen LogP contribution in [-0.2, 0) is 0 Å². The third-order valence-corrected chi connectivity index (χ3v) is 7.03. The fraction of sp³-hybridized carbons (Fsp3) is 0.0625. The molecule has 0 aliphatic carbocycles. The van der Waals surface area contributed by atoms with Crippen molar-refractivity contribution >= 4 is 40.4 Å². The van der Waals surface area contributed by atoms with Gasteiger partial charge < -0.3 is 9.13 Å². The summed E-state index contributed by atoms with van der Waals surface area (Å²) in [6, 6.07) is 29.8. The van der Waals surface area contributed by atoms with Crippen LogP contribution in [0, 0.1) is 13.8 Å². The third kappa shape index (κ3) is 3.23. The molecule has 174 valence electrons. The number of rotatable bonds is 5. The van der Waals surface area contributed by atoms with Crippen LogP contribution in [0.4, 0.5) is 5.69 Å². The van der Waals surface area contributed by atoms with Crippen LogP contribution < -0.4 is 0 Å². The van der Waals surface area contributed by atoms with Gasteiger partial charge in [-0.15, -0.1) is 0 Å².